The van der Waals surface area contributed by atoms with E-state index in [0.717, 1.165) is 0 Å². The van der Waals surface area contributed by atoms with Crippen molar-refractivity contribution in [3.8, 4) is 0 Å². The lowest BCUT2D eigenvalue weighted by molar-refractivity contribution is 0.136. The van der Waals surface area contributed by atoms with Crippen molar-refractivity contribution in [2.75, 3.05) is 13.1 Å². The highest BCUT2D eigenvalue weighted by Crippen LogP contribution is 2.23. The van der Waals surface area contributed by atoms with Crippen LogP contribution in [0.1, 0.15) is 188 Å². The number of rotatable bonds is 28. The summed E-state index contributed by atoms with van der Waals surface area (Å²) in [4.78, 5) is 5.34. The molecule has 1 heterocycles. The van der Waals surface area contributed by atoms with Gasteiger partial charge in [-0.1, -0.05) is 162 Å². The zero-order chi connectivity index (χ0) is 25.9. The quantitative estimate of drug-likeness (QED) is 0.0977. The van der Waals surface area contributed by atoms with Crippen LogP contribution in [0.5, 0.6) is 0 Å². The maximum atomic E-state index is 2.67. The lowest BCUT2D eigenvalue weighted by Gasteiger charge is -2.33. The van der Waals surface area contributed by atoms with Crippen LogP contribution in [0.4, 0.5) is 0 Å². The second-order valence-electron chi connectivity index (χ2n) is 11.8. The molecule has 0 saturated carbocycles. The van der Waals surface area contributed by atoms with Crippen LogP contribution < -0.4 is 0 Å². The van der Waals surface area contributed by atoms with Crippen molar-refractivity contribution in [2.24, 2.45) is 0 Å². The van der Waals surface area contributed by atoms with Crippen LogP contribution in [0.25, 0.3) is 0 Å². The van der Waals surface area contributed by atoms with Gasteiger partial charge in [-0.3, -0.25) is 0 Å². The standard InChI is InChI=1S/C34H68N2/c1-4-7-10-12-14-16-18-19-20-22-24-26-28-31-36-33-32-35(34(36)29-9-6-3)30-27-25-23-21-17-15-13-11-8-5-2/h32-34H,4-31H2,1-3H3. The third kappa shape index (κ3) is 18.6. The summed E-state index contributed by atoms with van der Waals surface area (Å²) in [5, 5.41) is 0. The highest BCUT2D eigenvalue weighted by atomic mass is 15.4. The first kappa shape index (κ1) is 33.4. The molecule has 0 amide bonds. The van der Waals surface area contributed by atoms with Gasteiger partial charge in [0.25, 0.3) is 0 Å². The van der Waals surface area contributed by atoms with E-state index in [1.165, 1.54) is 180 Å². The molecule has 0 fully saturated rings. The van der Waals surface area contributed by atoms with Crippen LogP contribution in [0.2, 0.25) is 0 Å². The fraction of sp³-hybridized carbons (Fsp3) is 0.941. The van der Waals surface area contributed by atoms with Gasteiger partial charge in [-0.2, -0.15) is 0 Å². The molecule has 2 nitrogen and oxygen atoms in total. The molecule has 1 unspecified atom stereocenters. The molecular formula is C34H68N2. The molecule has 0 N–H and O–H groups in total. The largest absolute Gasteiger partial charge is 0.356 e. The molecule has 0 bridgehead atoms. The van der Waals surface area contributed by atoms with E-state index in [4.69, 9.17) is 0 Å². The fourth-order valence-corrected chi connectivity index (χ4v) is 5.82. The molecular weight excluding hydrogens is 436 g/mol. The van der Waals surface area contributed by atoms with Crippen molar-refractivity contribution in [3.63, 3.8) is 0 Å². The molecule has 0 aromatic carbocycles. The third-order valence-electron chi connectivity index (χ3n) is 8.32. The van der Waals surface area contributed by atoms with E-state index in [-0.39, 0.29) is 0 Å². The van der Waals surface area contributed by atoms with Crippen LogP contribution in [0, 0.1) is 0 Å². The molecule has 214 valence electrons. The second kappa shape index (κ2) is 26.0. The molecule has 2 heteroatoms. The maximum absolute atomic E-state index is 2.67. The normalized spacial score (nSPS) is 15.5. The van der Waals surface area contributed by atoms with E-state index in [1.807, 2.05) is 0 Å². The minimum atomic E-state index is 0.640. The number of nitrogens with zero attached hydrogens (tertiary/aromatic N) is 2. The molecule has 0 aliphatic carbocycles. The minimum Gasteiger partial charge on any atom is -0.356 e. The zero-order valence-electron chi connectivity index (χ0n) is 25.4. The van der Waals surface area contributed by atoms with E-state index in [2.05, 4.69) is 43.0 Å². The van der Waals surface area contributed by atoms with Crippen molar-refractivity contribution in [1.29, 1.82) is 0 Å². The van der Waals surface area contributed by atoms with Gasteiger partial charge in [0.05, 0.1) is 0 Å². The summed E-state index contributed by atoms with van der Waals surface area (Å²) in [5.41, 5.74) is 0. The summed E-state index contributed by atoms with van der Waals surface area (Å²) in [6.45, 7) is 9.47. The van der Waals surface area contributed by atoms with Gasteiger partial charge in [-0.25, -0.2) is 0 Å². The van der Waals surface area contributed by atoms with Gasteiger partial charge in [-0.05, 0) is 25.7 Å². The summed E-state index contributed by atoms with van der Waals surface area (Å²) in [6, 6.07) is 0. The predicted molar refractivity (Wildman–Crippen MR) is 163 cm³/mol. The van der Waals surface area contributed by atoms with E-state index < -0.39 is 0 Å². The van der Waals surface area contributed by atoms with Crippen molar-refractivity contribution in [1.82, 2.24) is 9.80 Å². The van der Waals surface area contributed by atoms with Crippen molar-refractivity contribution >= 4 is 0 Å². The van der Waals surface area contributed by atoms with Crippen LogP contribution >= 0.6 is 0 Å². The van der Waals surface area contributed by atoms with Gasteiger partial charge in [0, 0.05) is 25.5 Å². The predicted octanol–water partition coefficient (Wildman–Crippen LogP) is 11.6. The van der Waals surface area contributed by atoms with E-state index in [0.29, 0.717) is 6.17 Å². The first-order valence-corrected chi connectivity index (χ1v) is 17.0. The summed E-state index contributed by atoms with van der Waals surface area (Å²) < 4.78 is 0. The average Bonchev–Trinajstić information content (AvgIpc) is 3.27. The Hall–Kier alpha value is -0.660. The lowest BCUT2D eigenvalue weighted by Crippen LogP contribution is -2.39. The Kier molecular flexibility index (Phi) is 24.1. The summed E-state index contributed by atoms with van der Waals surface area (Å²) >= 11 is 0. The van der Waals surface area contributed by atoms with Crippen LogP contribution in [-0.2, 0) is 0 Å². The molecule has 36 heavy (non-hydrogen) atoms. The summed E-state index contributed by atoms with van der Waals surface area (Å²) in [5.74, 6) is 0. The first-order chi connectivity index (χ1) is 17.8. The monoisotopic (exact) mass is 505 g/mol. The van der Waals surface area contributed by atoms with Gasteiger partial charge >= 0.3 is 0 Å². The van der Waals surface area contributed by atoms with Crippen LogP contribution in [0.3, 0.4) is 0 Å². The Bertz CT molecular complexity index is 460. The molecule has 0 spiro atoms. The van der Waals surface area contributed by atoms with Crippen molar-refractivity contribution < 1.29 is 0 Å². The lowest BCUT2D eigenvalue weighted by atomic mass is 10.0. The van der Waals surface area contributed by atoms with E-state index in [1.54, 1.807) is 0 Å². The van der Waals surface area contributed by atoms with Gasteiger partial charge in [0.15, 0.2) is 0 Å². The number of hydrogen-bond donors (Lipinski definition) is 0. The zero-order valence-corrected chi connectivity index (χ0v) is 25.4. The van der Waals surface area contributed by atoms with Gasteiger partial charge in [-0.15, -0.1) is 0 Å². The van der Waals surface area contributed by atoms with E-state index in [9.17, 15) is 0 Å². The van der Waals surface area contributed by atoms with Crippen molar-refractivity contribution in [3.05, 3.63) is 12.4 Å². The fourth-order valence-electron chi connectivity index (χ4n) is 5.82. The number of hydrogen-bond acceptors (Lipinski definition) is 2. The number of unbranched alkanes of at least 4 members (excludes halogenated alkanes) is 22. The topological polar surface area (TPSA) is 6.48 Å². The molecule has 1 aliphatic heterocycles. The van der Waals surface area contributed by atoms with Gasteiger partial charge in [0.2, 0.25) is 0 Å². The smallest absolute Gasteiger partial charge is 0.101 e. The van der Waals surface area contributed by atoms with Gasteiger partial charge in [0.1, 0.15) is 6.17 Å². The van der Waals surface area contributed by atoms with Crippen LogP contribution in [0.15, 0.2) is 12.4 Å². The SMILES string of the molecule is CCCCCCCCCCCCCCCN1C=CN(CCCCCCCCCCCC)C1CCCC. The maximum Gasteiger partial charge on any atom is 0.101 e. The Morgan fingerprint density at radius 1 is 0.361 bits per heavy atom. The third-order valence-corrected chi connectivity index (χ3v) is 8.32. The first-order valence-electron chi connectivity index (χ1n) is 17.0. The summed E-state index contributed by atoms with van der Waals surface area (Å²) in [6.07, 6.45) is 42.5. The molecule has 0 aromatic heterocycles. The minimum absolute atomic E-state index is 0.640. The van der Waals surface area contributed by atoms with Crippen LogP contribution in [-0.4, -0.2) is 29.1 Å². The molecule has 1 aliphatic rings. The Morgan fingerprint density at radius 3 is 0.944 bits per heavy atom. The average molecular weight is 505 g/mol. The molecule has 0 aromatic rings. The Morgan fingerprint density at radius 2 is 0.639 bits per heavy atom. The molecule has 0 radical (unpaired) electrons. The molecule has 1 atom stereocenters. The second-order valence-corrected chi connectivity index (χ2v) is 11.8. The van der Waals surface area contributed by atoms with E-state index >= 15 is 0 Å². The van der Waals surface area contributed by atoms with Crippen molar-refractivity contribution in [2.45, 2.75) is 194 Å². The molecule has 1 rings (SSSR count). The summed E-state index contributed by atoms with van der Waals surface area (Å²) in [7, 11) is 0. The molecule has 0 saturated heterocycles. The Balaban J connectivity index is 2.04. The van der Waals surface area contributed by atoms with Gasteiger partial charge < -0.3 is 9.80 Å². The highest BCUT2D eigenvalue weighted by Gasteiger charge is 2.24. The highest BCUT2D eigenvalue weighted by molar-refractivity contribution is 4.96. The Labute approximate surface area is 229 Å².